The summed E-state index contributed by atoms with van der Waals surface area (Å²) in [6, 6.07) is 2.16. The Labute approximate surface area is 119 Å². The first kappa shape index (κ1) is 15.9. The normalized spacial score (nSPS) is 23.1. The van der Waals surface area contributed by atoms with Gasteiger partial charge in [0.05, 0.1) is 11.5 Å². The Bertz CT molecular complexity index is 550. The van der Waals surface area contributed by atoms with Gasteiger partial charge in [-0.15, -0.1) is 0 Å². The van der Waals surface area contributed by atoms with E-state index in [0.29, 0.717) is 0 Å². The molecule has 1 aliphatic carbocycles. The Kier molecular flexibility index (Phi) is 4.35. The van der Waals surface area contributed by atoms with Crippen molar-refractivity contribution in [3.63, 3.8) is 0 Å². The standard InChI is InChI=1S/C15H15F5O/c1-8-5-6-11(16)12(13(8)17)14(21)9-3-2-4-10(7-9)15(18,19)20/h5-6,9-10H,2-4,7H2,1H3. The van der Waals surface area contributed by atoms with E-state index in [0.717, 1.165) is 6.07 Å². The van der Waals surface area contributed by atoms with E-state index < -0.39 is 47.4 Å². The van der Waals surface area contributed by atoms with Gasteiger partial charge < -0.3 is 0 Å². The van der Waals surface area contributed by atoms with Crippen molar-refractivity contribution < 1.29 is 26.7 Å². The van der Waals surface area contributed by atoms with Crippen LogP contribution < -0.4 is 0 Å². The molecule has 6 heteroatoms. The van der Waals surface area contributed by atoms with Gasteiger partial charge >= 0.3 is 6.18 Å². The van der Waals surface area contributed by atoms with Gasteiger partial charge in [-0.05, 0) is 37.8 Å². The number of alkyl halides is 3. The maximum atomic E-state index is 13.9. The average Bonchev–Trinajstić information content (AvgIpc) is 2.42. The van der Waals surface area contributed by atoms with Gasteiger partial charge in [0, 0.05) is 5.92 Å². The van der Waals surface area contributed by atoms with Gasteiger partial charge in [-0.3, -0.25) is 4.79 Å². The maximum Gasteiger partial charge on any atom is 0.391 e. The van der Waals surface area contributed by atoms with Gasteiger partial charge in [-0.25, -0.2) is 8.78 Å². The summed E-state index contributed by atoms with van der Waals surface area (Å²) in [5, 5.41) is 0. The molecule has 0 aliphatic heterocycles. The number of carbonyl (C=O) groups is 1. The minimum atomic E-state index is -4.37. The predicted molar refractivity (Wildman–Crippen MR) is 66.9 cm³/mol. The number of hydrogen-bond acceptors (Lipinski definition) is 1. The zero-order chi connectivity index (χ0) is 15.8. The van der Waals surface area contributed by atoms with Crippen molar-refractivity contribution in [3.05, 3.63) is 34.9 Å². The van der Waals surface area contributed by atoms with Crippen LogP contribution in [-0.4, -0.2) is 12.0 Å². The van der Waals surface area contributed by atoms with E-state index in [1.54, 1.807) is 0 Å². The fraction of sp³-hybridized carbons (Fsp3) is 0.533. The van der Waals surface area contributed by atoms with Crippen LogP contribution in [0.5, 0.6) is 0 Å². The fourth-order valence-electron chi connectivity index (χ4n) is 2.81. The van der Waals surface area contributed by atoms with Crippen molar-refractivity contribution in [2.45, 2.75) is 38.8 Å². The van der Waals surface area contributed by atoms with Crippen molar-refractivity contribution in [1.29, 1.82) is 0 Å². The number of carbonyl (C=O) groups excluding carboxylic acids is 1. The van der Waals surface area contributed by atoms with E-state index in [4.69, 9.17) is 0 Å². The fourth-order valence-corrected chi connectivity index (χ4v) is 2.81. The third-order valence-electron chi connectivity index (χ3n) is 4.04. The summed E-state index contributed by atoms with van der Waals surface area (Å²) in [6.45, 7) is 1.38. The minimum Gasteiger partial charge on any atom is -0.294 e. The van der Waals surface area contributed by atoms with Crippen molar-refractivity contribution in [1.82, 2.24) is 0 Å². The van der Waals surface area contributed by atoms with E-state index >= 15 is 0 Å². The smallest absolute Gasteiger partial charge is 0.294 e. The highest BCUT2D eigenvalue weighted by Crippen LogP contribution is 2.41. The summed E-state index contributed by atoms with van der Waals surface area (Å²) < 4.78 is 65.8. The molecule has 0 bridgehead atoms. The summed E-state index contributed by atoms with van der Waals surface area (Å²) in [5.74, 6) is -5.40. The number of hydrogen-bond donors (Lipinski definition) is 0. The van der Waals surface area contributed by atoms with Crippen LogP contribution in [0.25, 0.3) is 0 Å². The topological polar surface area (TPSA) is 17.1 Å². The molecule has 0 amide bonds. The Morgan fingerprint density at radius 2 is 1.86 bits per heavy atom. The van der Waals surface area contributed by atoms with Crippen LogP contribution in [0.15, 0.2) is 12.1 Å². The summed E-state index contributed by atoms with van der Waals surface area (Å²) in [7, 11) is 0. The minimum absolute atomic E-state index is 0.0357. The number of Topliss-reactive ketones (excluding diaryl/α,β-unsaturated/α-hetero) is 1. The molecule has 2 atom stereocenters. The predicted octanol–water partition coefficient (Wildman–Crippen LogP) is 4.82. The summed E-state index contributed by atoms with van der Waals surface area (Å²) in [6.07, 6.45) is -4.34. The monoisotopic (exact) mass is 306 g/mol. The van der Waals surface area contributed by atoms with Crippen LogP contribution in [0.4, 0.5) is 22.0 Å². The van der Waals surface area contributed by atoms with E-state index in [1.165, 1.54) is 13.0 Å². The molecule has 1 saturated carbocycles. The Morgan fingerprint density at radius 1 is 1.19 bits per heavy atom. The molecule has 2 unspecified atom stereocenters. The summed E-state index contributed by atoms with van der Waals surface area (Å²) in [4.78, 5) is 12.2. The van der Waals surface area contributed by atoms with E-state index in [-0.39, 0.29) is 24.8 Å². The van der Waals surface area contributed by atoms with Gasteiger partial charge in [0.25, 0.3) is 0 Å². The number of aryl methyl sites for hydroxylation is 1. The molecule has 2 rings (SSSR count). The van der Waals surface area contributed by atoms with Crippen LogP contribution >= 0.6 is 0 Å². The lowest BCUT2D eigenvalue weighted by Crippen LogP contribution is -2.32. The van der Waals surface area contributed by atoms with Gasteiger partial charge in [0.15, 0.2) is 5.78 Å². The zero-order valence-corrected chi connectivity index (χ0v) is 11.4. The van der Waals surface area contributed by atoms with Crippen LogP contribution in [0.3, 0.4) is 0 Å². The quantitative estimate of drug-likeness (QED) is 0.565. The van der Waals surface area contributed by atoms with Gasteiger partial charge in [0.2, 0.25) is 0 Å². The van der Waals surface area contributed by atoms with Crippen LogP contribution in [0.2, 0.25) is 0 Å². The first-order valence-electron chi connectivity index (χ1n) is 6.77. The third kappa shape index (κ3) is 3.24. The number of ketones is 1. The van der Waals surface area contributed by atoms with Crippen LogP contribution in [-0.2, 0) is 0 Å². The van der Waals surface area contributed by atoms with E-state index in [2.05, 4.69) is 0 Å². The Morgan fingerprint density at radius 3 is 2.48 bits per heavy atom. The molecule has 0 N–H and O–H groups in total. The Balaban J connectivity index is 2.27. The van der Waals surface area contributed by atoms with Crippen LogP contribution in [0.1, 0.15) is 41.6 Å². The molecule has 21 heavy (non-hydrogen) atoms. The molecular weight excluding hydrogens is 291 g/mol. The lowest BCUT2D eigenvalue weighted by atomic mass is 9.77. The zero-order valence-electron chi connectivity index (χ0n) is 11.4. The first-order chi connectivity index (χ1) is 9.71. The molecule has 1 aromatic rings. The molecule has 0 aromatic heterocycles. The third-order valence-corrected chi connectivity index (χ3v) is 4.04. The second-order valence-corrected chi connectivity index (χ2v) is 5.52. The molecule has 1 fully saturated rings. The van der Waals surface area contributed by atoms with Crippen molar-refractivity contribution in [2.24, 2.45) is 11.8 Å². The summed E-state index contributed by atoms with van der Waals surface area (Å²) >= 11 is 0. The molecule has 0 radical (unpaired) electrons. The molecule has 0 saturated heterocycles. The average molecular weight is 306 g/mol. The lowest BCUT2D eigenvalue weighted by Gasteiger charge is -2.29. The second kappa shape index (κ2) is 5.73. The highest BCUT2D eigenvalue weighted by molar-refractivity contribution is 5.98. The molecule has 0 heterocycles. The lowest BCUT2D eigenvalue weighted by molar-refractivity contribution is -0.184. The summed E-state index contributed by atoms with van der Waals surface area (Å²) in [5.41, 5.74) is -0.606. The van der Waals surface area contributed by atoms with Crippen LogP contribution in [0, 0.1) is 30.4 Å². The maximum absolute atomic E-state index is 13.9. The number of halogens is 5. The first-order valence-corrected chi connectivity index (χ1v) is 6.77. The molecule has 1 aromatic carbocycles. The van der Waals surface area contributed by atoms with Gasteiger partial charge in [-0.2, -0.15) is 13.2 Å². The largest absolute Gasteiger partial charge is 0.391 e. The van der Waals surface area contributed by atoms with Crippen molar-refractivity contribution in [3.8, 4) is 0 Å². The van der Waals surface area contributed by atoms with Crippen molar-refractivity contribution in [2.75, 3.05) is 0 Å². The molecule has 0 spiro atoms. The van der Waals surface area contributed by atoms with Gasteiger partial charge in [0.1, 0.15) is 11.6 Å². The number of benzene rings is 1. The van der Waals surface area contributed by atoms with Gasteiger partial charge in [-0.1, -0.05) is 12.5 Å². The molecular formula is C15H15F5O. The Hall–Kier alpha value is -1.46. The molecule has 1 nitrogen and oxygen atoms in total. The highest BCUT2D eigenvalue weighted by Gasteiger charge is 2.44. The van der Waals surface area contributed by atoms with Crippen molar-refractivity contribution >= 4 is 5.78 Å². The highest BCUT2D eigenvalue weighted by atomic mass is 19.4. The second-order valence-electron chi connectivity index (χ2n) is 5.52. The molecule has 1 aliphatic rings. The molecule has 116 valence electrons. The number of rotatable bonds is 2. The van der Waals surface area contributed by atoms with E-state index in [1.807, 2.05) is 0 Å². The SMILES string of the molecule is Cc1ccc(F)c(C(=O)C2CCCC(C(F)(F)F)C2)c1F. The van der Waals surface area contributed by atoms with E-state index in [9.17, 15) is 26.7 Å².